The second-order valence-electron chi connectivity index (χ2n) is 5.26. The fourth-order valence-electron chi connectivity index (χ4n) is 2.20. The first-order valence-corrected chi connectivity index (χ1v) is 7.35. The Bertz CT molecular complexity index is 792. The first kappa shape index (κ1) is 14.0. The first-order valence-electron chi connectivity index (χ1n) is 6.47. The van der Waals surface area contributed by atoms with Crippen LogP contribution in [0.25, 0.3) is 10.2 Å². The zero-order valence-corrected chi connectivity index (χ0v) is 12.4. The van der Waals surface area contributed by atoms with Gasteiger partial charge in [-0.15, -0.1) is 11.3 Å². The lowest BCUT2D eigenvalue weighted by molar-refractivity contribution is 0.0721. The average Bonchev–Trinajstić information content (AvgIpc) is 2.84. The fourth-order valence-corrected chi connectivity index (χ4v) is 2.92. The number of hydrogen-bond donors (Lipinski definition) is 1. The van der Waals surface area contributed by atoms with Crippen LogP contribution in [0.2, 0.25) is 0 Å². The number of fused-ring (bicyclic) bond motifs is 1. The molecule has 1 N–H and O–H groups in total. The van der Waals surface area contributed by atoms with Gasteiger partial charge in [0.05, 0.1) is 17.4 Å². The molecule has 0 fully saturated rings. The minimum atomic E-state index is -1.33. The Balaban J connectivity index is 2.03. The third-order valence-corrected chi connectivity index (χ3v) is 3.93. The van der Waals surface area contributed by atoms with Gasteiger partial charge < -0.3 is 9.84 Å². The summed E-state index contributed by atoms with van der Waals surface area (Å²) < 4.78 is 19.7. The van der Waals surface area contributed by atoms with Gasteiger partial charge in [0.2, 0.25) is 0 Å². The largest absolute Gasteiger partial charge is 0.455 e. The number of thiophene rings is 1. The van der Waals surface area contributed by atoms with Crippen molar-refractivity contribution in [3.63, 3.8) is 0 Å². The molecule has 2 heterocycles. The summed E-state index contributed by atoms with van der Waals surface area (Å²) in [6.45, 7) is 3.05. The number of hydrogen-bond acceptors (Lipinski definition) is 4. The highest BCUT2D eigenvalue weighted by atomic mass is 32.1. The number of halogens is 1. The van der Waals surface area contributed by atoms with E-state index in [0.29, 0.717) is 11.5 Å². The standard InChI is InChI=1S/C16H14FNO2S/c1-16(2,19)14-12(17)4-3-5-13(14)20-11-8-10-6-7-21-15(10)18-9-11/h3-9,19H,1-2H3. The second kappa shape index (κ2) is 5.09. The quantitative estimate of drug-likeness (QED) is 0.777. The Hall–Kier alpha value is -1.98. The van der Waals surface area contributed by atoms with Crippen LogP contribution < -0.4 is 4.74 Å². The SMILES string of the molecule is CC(C)(O)c1c(F)cccc1Oc1cnc2sccc2c1. The lowest BCUT2D eigenvalue weighted by atomic mass is 9.97. The van der Waals surface area contributed by atoms with Crippen molar-refractivity contribution >= 4 is 21.6 Å². The van der Waals surface area contributed by atoms with Gasteiger partial charge in [-0.05, 0) is 43.5 Å². The van der Waals surface area contributed by atoms with Gasteiger partial charge in [-0.25, -0.2) is 9.37 Å². The maximum absolute atomic E-state index is 14.0. The zero-order valence-electron chi connectivity index (χ0n) is 11.6. The predicted octanol–water partition coefficient (Wildman–Crippen LogP) is 4.46. The third kappa shape index (κ3) is 2.75. The molecular formula is C16H14FNO2S. The van der Waals surface area contributed by atoms with Crippen LogP contribution >= 0.6 is 11.3 Å². The Morgan fingerprint density at radius 3 is 2.86 bits per heavy atom. The van der Waals surface area contributed by atoms with Crippen LogP contribution in [0.3, 0.4) is 0 Å². The molecule has 2 aromatic heterocycles. The number of benzene rings is 1. The van der Waals surface area contributed by atoms with Gasteiger partial charge in [-0.2, -0.15) is 0 Å². The van der Waals surface area contributed by atoms with Crippen molar-refractivity contribution in [3.05, 3.63) is 53.3 Å². The molecule has 0 bridgehead atoms. The summed E-state index contributed by atoms with van der Waals surface area (Å²) in [5, 5.41) is 13.1. The molecule has 0 aliphatic rings. The van der Waals surface area contributed by atoms with Crippen LogP contribution in [0.15, 0.2) is 41.9 Å². The van der Waals surface area contributed by atoms with E-state index in [2.05, 4.69) is 4.98 Å². The molecule has 0 amide bonds. The van der Waals surface area contributed by atoms with E-state index in [1.54, 1.807) is 29.7 Å². The van der Waals surface area contributed by atoms with Gasteiger partial charge in [-0.1, -0.05) is 6.07 Å². The summed E-state index contributed by atoms with van der Waals surface area (Å²) in [4.78, 5) is 5.21. The Morgan fingerprint density at radius 1 is 1.29 bits per heavy atom. The lowest BCUT2D eigenvalue weighted by Gasteiger charge is -2.22. The van der Waals surface area contributed by atoms with E-state index < -0.39 is 11.4 Å². The molecule has 0 saturated heterocycles. The monoisotopic (exact) mass is 303 g/mol. The number of ether oxygens (including phenoxy) is 1. The Kier molecular flexibility index (Phi) is 3.39. The topological polar surface area (TPSA) is 42.4 Å². The van der Waals surface area contributed by atoms with Gasteiger partial charge >= 0.3 is 0 Å². The molecule has 3 rings (SSSR count). The maximum atomic E-state index is 14.0. The molecule has 21 heavy (non-hydrogen) atoms. The second-order valence-corrected chi connectivity index (χ2v) is 6.15. The molecule has 0 radical (unpaired) electrons. The van der Waals surface area contributed by atoms with Crippen molar-refractivity contribution in [1.29, 1.82) is 0 Å². The molecule has 5 heteroatoms. The van der Waals surface area contributed by atoms with E-state index in [9.17, 15) is 9.50 Å². The zero-order chi connectivity index (χ0) is 15.0. The summed E-state index contributed by atoms with van der Waals surface area (Å²) in [6, 6.07) is 8.28. The van der Waals surface area contributed by atoms with E-state index in [4.69, 9.17) is 4.74 Å². The van der Waals surface area contributed by atoms with Crippen LogP contribution in [0.1, 0.15) is 19.4 Å². The Labute approximate surface area is 125 Å². The Morgan fingerprint density at radius 2 is 2.10 bits per heavy atom. The number of aliphatic hydroxyl groups is 1. The smallest absolute Gasteiger partial charge is 0.146 e. The van der Waals surface area contributed by atoms with E-state index in [-0.39, 0.29) is 5.56 Å². The lowest BCUT2D eigenvalue weighted by Crippen LogP contribution is -2.18. The molecule has 0 saturated carbocycles. The molecule has 3 nitrogen and oxygen atoms in total. The van der Waals surface area contributed by atoms with Crippen LogP contribution in [-0.2, 0) is 5.60 Å². The molecular weight excluding hydrogens is 289 g/mol. The highest BCUT2D eigenvalue weighted by Crippen LogP contribution is 2.35. The van der Waals surface area contributed by atoms with Gasteiger partial charge in [0.25, 0.3) is 0 Å². The number of rotatable bonds is 3. The van der Waals surface area contributed by atoms with Crippen molar-refractivity contribution in [3.8, 4) is 11.5 Å². The van der Waals surface area contributed by atoms with Gasteiger partial charge in [0.1, 0.15) is 22.1 Å². The average molecular weight is 303 g/mol. The molecule has 108 valence electrons. The van der Waals surface area contributed by atoms with Gasteiger partial charge in [0.15, 0.2) is 0 Å². The molecule has 0 aliphatic heterocycles. The van der Waals surface area contributed by atoms with E-state index in [1.807, 2.05) is 17.5 Å². The summed E-state index contributed by atoms with van der Waals surface area (Å²) >= 11 is 1.55. The third-order valence-electron chi connectivity index (χ3n) is 3.10. The predicted molar refractivity (Wildman–Crippen MR) is 81.3 cm³/mol. The van der Waals surface area contributed by atoms with Gasteiger partial charge in [0, 0.05) is 5.39 Å². The van der Waals surface area contributed by atoms with E-state index in [0.717, 1.165) is 10.2 Å². The number of nitrogens with zero attached hydrogens (tertiary/aromatic N) is 1. The van der Waals surface area contributed by atoms with E-state index >= 15 is 0 Å². The summed E-state index contributed by atoms with van der Waals surface area (Å²) in [6.07, 6.45) is 1.60. The molecule has 0 atom stereocenters. The summed E-state index contributed by atoms with van der Waals surface area (Å²) in [7, 11) is 0. The summed E-state index contributed by atoms with van der Waals surface area (Å²) in [5.74, 6) is 0.306. The summed E-state index contributed by atoms with van der Waals surface area (Å²) in [5.41, 5.74) is -1.20. The highest BCUT2D eigenvalue weighted by molar-refractivity contribution is 7.16. The number of pyridine rings is 1. The van der Waals surface area contributed by atoms with Crippen LogP contribution in [0, 0.1) is 5.82 Å². The molecule has 0 spiro atoms. The number of aromatic nitrogens is 1. The normalized spacial score (nSPS) is 11.8. The van der Waals surface area contributed by atoms with E-state index in [1.165, 1.54) is 19.9 Å². The minimum absolute atomic E-state index is 0.135. The van der Waals surface area contributed by atoms with Crippen molar-refractivity contribution in [1.82, 2.24) is 4.98 Å². The molecule has 0 unspecified atom stereocenters. The minimum Gasteiger partial charge on any atom is -0.455 e. The maximum Gasteiger partial charge on any atom is 0.146 e. The van der Waals surface area contributed by atoms with Crippen LogP contribution in [-0.4, -0.2) is 10.1 Å². The van der Waals surface area contributed by atoms with Crippen molar-refractivity contribution in [2.24, 2.45) is 0 Å². The van der Waals surface area contributed by atoms with Crippen molar-refractivity contribution in [2.75, 3.05) is 0 Å². The molecule has 0 aliphatic carbocycles. The first-order chi connectivity index (χ1) is 9.95. The molecule has 3 aromatic rings. The fraction of sp³-hybridized carbons (Fsp3) is 0.188. The molecule has 1 aromatic carbocycles. The van der Waals surface area contributed by atoms with Gasteiger partial charge in [-0.3, -0.25) is 0 Å². The van der Waals surface area contributed by atoms with Crippen LogP contribution in [0.5, 0.6) is 11.5 Å². The van der Waals surface area contributed by atoms with Crippen molar-refractivity contribution < 1.29 is 14.2 Å². The highest BCUT2D eigenvalue weighted by Gasteiger charge is 2.25. The van der Waals surface area contributed by atoms with Crippen LogP contribution in [0.4, 0.5) is 4.39 Å². The van der Waals surface area contributed by atoms with Crippen molar-refractivity contribution in [2.45, 2.75) is 19.4 Å².